The molecule has 2 aromatic carbocycles. The van der Waals surface area contributed by atoms with Crippen molar-refractivity contribution in [3.8, 4) is 0 Å². The first kappa shape index (κ1) is 19.5. The van der Waals surface area contributed by atoms with E-state index < -0.39 is 41.1 Å². The van der Waals surface area contributed by atoms with Crippen molar-refractivity contribution in [3.05, 3.63) is 59.7 Å². The lowest BCUT2D eigenvalue weighted by molar-refractivity contribution is -0.131. The summed E-state index contributed by atoms with van der Waals surface area (Å²) < 4.78 is 31.7. The van der Waals surface area contributed by atoms with Crippen molar-refractivity contribution in [2.75, 3.05) is 10.2 Å². The molecule has 6 nitrogen and oxygen atoms in total. The lowest BCUT2D eigenvalue weighted by Crippen LogP contribution is -2.60. The Balaban J connectivity index is 1.88. The van der Waals surface area contributed by atoms with Gasteiger partial charge in [0, 0.05) is 6.07 Å². The minimum Gasteiger partial charge on any atom is -0.449 e. The number of fused-ring (bicyclic) bond motifs is 1. The van der Waals surface area contributed by atoms with Crippen molar-refractivity contribution in [2.45, 2.75) is 32.4 Å². The highest BCUT2D eigenvalue weighted by molar-refractivity contribution is 6.15. The monoisotopic (exact) mass is 388 g/mol. The van der Waals surface area contributed by atoms with Gasteiger partial charge in [-0.15, -0.1) is 0 Å². The van der Waals surface area contributed by atoms with Crippen LogP contribution < -0.4 is 10.2 Å². The molecule has 3 rings (SSSR count). The zero-order valence-electron chi connectivity index (χ0n) is 15.5. The Morgan fingerprint density at radius 1 is 1.11 bits per heavy atom. The fourth-order valence-corrected chi connectivity index (χ4v) is 2.98. The summed E-state index contributed by atoms with van der Waals surface area (Å²) in [6.45, 7) is 4.46. The van der Waals surface area contributed by atoms with Crippen molar-refractivity contribution in [2.24, 2.45) is 0 Å². The number of nitrogens with zero attached hydrogens (tertiary/aromatic N) is 1. The van der Waals surface area contributed by atoms with Gasteiger partial charge in [-0.05, 0) is 45.0 Å². The SMILES string of the molecule is C[C@@H](OC(=O)c1cc(F)cc(F)c1)C(=O)N1c2ccccc2NC(=O)C1(C)C. The summed E-state index contributed by atoms with van der Waals surface area (Å²) in [6, 6.07) is 8.98. The van der Waals surface area contributed by atoms with E-state index in [0.717, 1.165) is 12.1 Å². The number of hydrogen-bond donors (Lipinski definition) is 1. The zero-order valence-corrected chi connectivity index (χ0v) is 15.5. The van der Waals surface area contributed by atoms with Crippen LogP contribution in [0.2, 0.25) is 0 Å². The molecule has 0 fully saturated rings. The number of rotatable bonds is 3. The summed E-state index contributed by atoms with van der Waals surface area (Å²) >= 11 is 0. The predicted octanol–water partition coefficient (Wildman–Crippen LogP) is 3.27. The summed E-state index contributed by atoms with van der Waals surface area (Å²) in [5.41, 5.74) is -0.687. The minimum atomic E-state index is -1.29. The number of nitrogens with one attached hydrogen (secondary N) is 1. The molecule has 8 heteroatoms. The van der Waals surface area contributed by atoms with Crippen LogP contribution in [0.25, 0.3) is 0 Å². The van der Waals surface area contributed by atoms with E-state index in [9.17, 15) is 23.2 Å². The van der Waals surface area contributed by atoms with Gasteiger partial charge in [-0.25, -0.2) is 13.6 Å². The van der Waals surface area contributed by atoms with E-state index in [1.165, 1.54) is 11.8 Å². The summed E-state index contributed by atoms with van der Waals surface area (Å²) in [6.07, 6.45) is -1.29. The van der Waals surface area contributed by atoms with Crippen molar-refractivity contribution in [1.82, 2.24) is 0 Å². The fraction of sp³-hybridized carbons (Fsp3) is 0.250. The Hall–Kier alpha value is -3.29. The molecule has 1 atom stereocenters. The number of para-hydroxylation sites is 2. The van der Waals surface area contributed by atoms with Crippen molar-refractivity contribution in [3.63, 3.8) is 0 Å². The van der Waals surface area contributed by atoms with Gasteiger partial charge in [0.1, 0.15) is 17.2 Å². The average Bonchev–Trinajstić information content (AvgIpc) is 2.61. The molecular formula is C20H18F2N2O4. The third-order valence-electron chi connectivity index (χ3n) is 4.46. The second-order valence-electron chi connectivity index (χ2n) is 6.91. The normalized spacial score (nSPS) is 16.0. The molecule has 28 heavy (non-hydrogen) atoms. The third-order valence-corrected chi connectivity index (χ3v) is 4.46. The van der Waals surface area contributed by atoms with Gasteiger partial charge in [-0.2, -0.15) is 0 Å². The molecular weight excluding hydrogens is 370 g/mol. The second kappa shape index (κ2) is 7.03. The Morgan fingerprint density at radius 3 is 2.36 bits per heavy atom. The van der Waals surface area contributed by atoms with Crippen LogP contribution in [0, 0.1) is 11.6 Å². The maximum Gasteiger partial charge on any atom is 0.339 e. The summed E-state index contributed by atoms with van der Waals surface area (Å²) in [4.78, 5) is 38.9. The maximum absolute atomic E-state index is 13.3. The van der Waals surface area contributed by atoms with Crippen LogP contribution in [-0.4, -0.2) is 29.4 Å². The number of esters is 1. The average molecular weight is 388 g/mol. The van der Waals surface area contributed by atoms with Crippen LogP contribution in [0.15, 0.2) is 42.5 Å². The molecule has 0 unspecified atom stereocenters. The number of ether oxygens (including phenoxy) is 1. The molecule has 0 radical (unpaired) electrons. The Bertz CT molecular complexity index is 954. The van der Waals surface area contributed by atoms with Gasteiger partial charge < -0.3 is 10.1 Å². The van der Waals surface area contributed by atoms with Gasteiger partial charge in [-0.1, -0.05) is 12.1 Å². The third kappa shape index (κ3) is 3.45. The van der Waals surface area contributed by atoms with Crippen LogP contribution in [0.3, 0.4) is 0 Å². The molecule has 1 N–H and O–H groups in total. The van der Waals surface area contributed by atoms with E-state index in [2.05, 4.69) is 5.32 Å². The number of carbonyl (C=O) groups is 3. The van der Waals surface area contributed by atoms with Gasteiger partial charge in [0.05, 0.1) is 16.9 Å². The van der Waals surface area contributed by atoms with Crippen LogP contribution in [0.5, 0.6) is 0 Å². The van der Waals surface area contributed by atoms with E-state index in [-0.39, 0.29) is 5.56 Å². The summed E-state index contributed by atoms with van der Waals surface area (Å²) in [7, 11) is 0. The topological polar surface area (TPSA) is 75.7 Å². The molecule has 0 aromatic heterocycles. The highest BCUT2D eigenvalue weighted by atomic mass is 19.1. The molecule has 0 aliphatic carbocycles. The van der Waals surface area contributed by atoms with Gasteiger partial charge >= 0.3 is 5.97 Å². The standard InChI is InChI=1S/C20H18F2N2O4/c1-11(28-18(26)12-8-13(21)10-14(22)9-12)17(25)24-16-7-5-4-6-15(16)23-19(27)20(24,2)3/h4-11H,1-3H3,(H,23,27)/t11-/m1/s1. The second-order valence-corrected chi connectivity index (χ2v) is 6.91. The van der Waals surface area contributed by atoms with Crippen LogP contribution >= 0.6 is 0 Å². The van der Waals surface area contributed by atoms with E-state index in [4.69, 9.17) is 4.74 Å². The largest absolute Gasteiger partial charge is 0.449 e. The molecule has 146 valence electrons. The Kier molecular flexibility index (Phi) is 4.89. The lowest BCUT2D eigenvalue weighted by Gasteiger charge is -2.42. The summed E-state index contributed by atoms with van der Waals surface area (Å²) in [5.74, 6) is -3.96. The lowest BCUT2D eigenvalue weighted by atomic mass is 9.95. The molecule has 0 spiro atoms. The highest BCUT2D eigenvalue weighted by Gasteiger charge is 2.45. The Labute approximate surface area is 160 Å². The van der Waals surface area contributed by atoms with Crippen molar-refractivity contribution >= 4 is 29.2 Å². The van der Waals surface area contributed by atoms with E-state index in [1.54, 1.807) is 38.1 Å². The number of carbonyl (C=O) groups excluding carboxylic acids is 3. The molecule has 0 saturated carbocycles. The first-order valence-corrected chi connectivity index (χ1v) is 8.53. The van der Waals surface area contributed by atoms with E-state index in [0.29, 0.717) is 17.4 Å². The summed E-state index contributed by atoms with van der Waals surface area (Å²) in [5, 5.41) is 2.73. The Morgan fingerprint density at radius 2 is 1.71 bits per heavy atom. The quantitative estimate of drug-likeness (QED) is 0.819. The van der Waals surface area contributed by atoms with Gasteiger partial charge in [-0.3, -0.25) is 14.5 Å². The molecule has 1 aliphatic rings. The predicted molar refractivity (Wildman–Crippen MR) is 97.9 cm³/mol. The molecule has 2 aromatic rings. The molecule has 1 aliphatic heterocycles. The van der Waals surface area contributed by atoms with Crippen LogP contribution in [0.1, 0.15) is 31.1 Å². The zero-order chi connectivity index (χ0) is 20.6. The smallest absolute Gasteiger partial charge is 0.339 e. The maximum atomic E-state index is 13.3. The molecule has 0 bridgehead atoms. The molecule has 0 saturated heterocycles. The number of anilines is 2. The van der Waals surface area contributed by atoms with Crippen molar-refractivity contribution < 1.29 is 27.9 Å². The van der Waals surface area contributed by atoms with E-state index in [1.807, 2.05) is 0 Å². The minimum absolute atomic E-state index is 0.354. The first-order valence-electron chi connectivity index (χ1n) is 8.53. The number of hydrogen-bond acceptors (Lipinski definition) is 4. The fourth-order valence-electron chi connectivity index (χ4n) is 2.98. The van der Waals surface area contributed by atoms with Gasteiger partial charge in [0.15, 0.2) is 6.10 Å². The molecule has 1 heterocycles. The van der Waals surface area contributed by atoms with Crippen LogP contribution in [0.4, 0.5) is 20.2 Å². The van der Waals surface area contributed by atoms with Crippen LogP contribution in [-0.2, 0) is 14.3 Å². The first-order chi connectivity index (χ1) is 13.1. The number of halogens is 2. The highest BCUT2D eigenvalue weighted by Crippen LogP contribution is 2.37. The number of amides is 2. The van der Waals surface area contributed by atoms with Gasteiger partial charge in [0.25, 0.3) is 5.91 Å². The number of benzene rings is 2. The van der Waals surface area contributed by atoms with Crippen molar-refractivity contribution in [1.29, 1.82) is 0 Å². The van der Waals surface area contributed by atoms with E-state index >= 15 is 0 Å². The molecule has 2 amide bonds. The van der Waals surface area contributed by atoms with Gasteiger partial charge in [0.2, 0.25) is 5.91 Å².